The van der Waals surface area contributed by atoms with Gasteiger partial charge >= 0.3 is 6.18 Å². The fourth-order valence-corrected chi connectivity index (χ4v) is 1.87. The minimum absolute atomic E-state index is 0.0634. The number of halogens is 4. The monoisotopic (exact) mass is 295 g/mol. The molecule has 0 aliphatic rings. The maximum absolute atomic E-state index is 12.4. The maximum atomic E-state index is 12.4. The van der Waals surface area contributed by atoms with Gasteiger partial charge in [0.25, 0.3) is 0 Å². The molecular weight excluding hydrogens is 279 g/mol. The Balaban J connectivity index is 2.66. The fraction of sp³-hybridized carbons (Fsp3) is 0.583. The lowest BCUT2D eigenvalue weighted by Gasteiger charge is -2.16. The minimum atomic E-state index is -4.44. The number of aromatic nitrogens is 1. The molecule has 1 unspecified atom stereocenters. The van der Waals surface area contributed by atoms with Gasteiger partial charge in [0.05, 0.1) is 10.6 Å². The molecule has 0 bridgehead atoms. The zero-order valence-corrected chi connectivity index (χ0v) is 11.5. The van der Waals surface area contributed by atoms with Gasteiger partial charge in [0.1, 0.15) is 5.82 Å². The first-order valence-electron chi connectivity index (χ1n) is 5.92. The Bertz CT molecular complexity index is 421. The first-order chi connectivity index (χ1) is 8.70. The van der Waals surface area contributed by atoms with Gasteiger partial charge in [-0.3, -0.25) is 0 Å². The van der Waals surface area contributed by atoms with Crippen LogP contribution in [0.5, 0.6) is 0 Å². The number of nitrogens with zero attached hydrogens (tertiary/aromatic N) is 1. The molecule has 0 amide bonds. The van der Waals surface area contributed by atoms with Crippen molar-refractivity contribution in [1.82, 2.24) is 4.98 Å². The summed E-state index contributed by atoms with van der Waals surface area (Å²) in [4.78, 5) is 3.68. The Labute approximate surface area is 115 Å². The van der Waals surface area contributed by atoms with Crippen molar-refractivity contribution in [2.24, 2.45) is 11.7 Å². The number of rotatable bonds is 5. The summed E-state index contributed by atoms with van der Waals surface area (Å²) < 4.78 is 37.3. The first kappa shape index (κ1) is 16.0. The highest BCUT2D eigenvalue weighted by Gasteiger charge is 2.31. The molecule has 0 saturated carbocycles. The van der Waals surface area contributed by atoms with Gasteiger partial charge in [-0.05, 0) is 18.4 Å². The van der Waals surface area contributed by atoms with Gasteiger partial charge in [0.15, 0.2) is 0 Å². The van der Waals surface area contributed by atoms with E-state index in [0.29, 0.717) is 12.5 Å². The molecule has 1 rings (SSSR count). The summed E-state index contributed by atoms with van der Waals surface area (Å²) in [5.41, 5.74) is 4.99. The van der Waals surface area contributed by atoms with Crippen LogP contribution in [0.1, 0.15) is 25.8 Å². The summed E-state index contributed by atoms with van der Waals surface area (Å²) in [5.74, 6) is 0.668. The highest BCUT2D eigenvalue weighted by molar-refractivity contribution is 6.32. The molecule has 1 heterocycles. The van der Waals surface area contributed by atoms with Crippen LogP contribution in [-0.4, -0.2) is 17.6 Å². The van der Waals surface area contributed by atoms with Crippen LogP contribution in [0, 0.1) is 5.92 Å². The van der Waals surface area contributed by atoms with Gasteiger partial charge in [0.2, 0.25) is 0 Å². The smallest absolute Gasteiger partial charge is 0.367 e. The van der Waals surface area contributed by atoms with Crippen LogP contribution in [0.2, 0.25) is 5.02 Å². The van der Waals surface area contributed by atoms with Crippen LogP contribution >= 0.6 is 11.6 Å². The number of hydrogen-bond donors (Lipinski definition) is 2. The Hall–Kier alpha value is -1.01. The van der Waals surface area contributed by atoms with Gasteiger partial charge in [0, 0.05) is 18.8 Å². The highest BCUT2D eigenvalue weighted by Crippen LogP contribution is 2.32. The van der Waals surface area contributed by atoms with Crippen molar-refractivity contribution >= 4 is 17.4 Å². The Morgan fingerprint density at radius 1 is 1.42 bits per heavy atom. The summed E-state index contributed by atoms with van der Waals surface area (Å²) in [6, 6.07) is 0.755. The van der Waals surface area contributed by atoms with Crippen molar-refractivity contribution in [1.29, 1.82) is 0 Å². The van der Waals surface area contributed by atoms with E-state index in [9.17, 15) is 13.2 Å². The molecule has 0 saturated heterocycles. The lowest BCUT2D eigenvalue weighted by atomic mass is 10.0. The lowest BCUT2D eigenvalue weighted by Crippen LogP contribution is -2.30. The molecule has 108 valence electrons. The second-order valence-corrected chi connectivity index (χ2v) is 5.23. The summed E-state index contributed by atoms with van der Waals surface area (Å²) in [7, 11) is 0. The van der Waals surface area contributed by atoms with E-state index in [4.69, 9.17) is 17.3 Å². The number of hydrogen-bond acceptors (Lipinski definition) is 3. The first-order valence-corrected chi connectivity index (χ1v) is 6.30. The molecular formula is C12H17ClF3N3. The zero-order valence-electron chi connectivity index (χ0n) is 10.8. The Morgan fingerprint density at radius 2 is 2.05 bits per heavy atom. The van der Waals surface area contributed by atoms with Crippen LogP contribution in [0.4, 0.5) is 19.0 Å². The number of nitrogens with one attached hydrogen (secondary N) is 1. The molecule has 1 aromatic rings. The predicted molar refractivity (Wildman–Crippen MR) is 70.2 cm³/mol. The van der Waals surface area contributed by atoms with E-state index in [1.54, 1.807) is 0 Å². The van der Waals surface area contributed by atoms with Crippen LogP contribution in [0.3, 0.4) is 0 Å². The normalized spacial score (nSPS) is 13.7. The third-order valence-electron chi connectivity index (χ3n) is 2.47. The number of pyridine rings is 1. The highest BCUT2D eigenvalue weighted by atomic mass is 35.5. The van der Waals surface area contributed by atoms with Gasteiger partial charge in [-0.2, -0.15) is 13.2 Å². The molecule has 7 heteroatoms. The molecule has 0 spiro atoms. The standard InChI is InChI=1S/C12H17ClF3N3/c1-7(2)3-9(17)6-19-11-10(13)4-8(5-18-11)12(14,15)16/h4-5,7,9H,3,6,17H2,1-2H3,(H,18,19). The third-order valence-corrected chi connectivity index (χ3v) is 2.76. The molecule has 0 aromatic carbocycles. The van der Waals surface area contributed by atoms with E-state index < -0.39 is 11.7 Å². The van der Waals surface area contributed by atoms with Gasteiger partial charge in [-0.15, -0.1) is 0 Å². The van der Waals surface area contributed by atoms with Crippen molar-refractivity contribution in [3.8, 4) is 0 Å². The van der Waals surface area contributed by atoms with Crippen LogP contribution < -0.4 is 11.1 Å². The topological polar surface area (TPSA) is 50.9 Å². The molecule has 0 fully saturated rings. The fourth-order valence-electron chi connectivity index (χ4n) is 1.64. The van der Waals surface area contributed by atoms with E-state index >= 15 is 0 Å². The molecule has 3 nitrogen and oxygen atoms in total. The minimum Gasteiger partial charge on any atom is -0.367 e. The van der Waals surface area contributed by atoms with Crippen LogP contribution in [0.25, 0.3) is 0 Å². The van der Waals surface area contributed by atoms with Crippen LogP contribution in [0.15, 0.2) is 12.3 Å². The van der Waals surface area contributed by atoms with Crippen molar-refractivity contribution in [3.05, 3.63) is 22.8 Å². The van der Waals surface area contributed by atoms with E-state index in [0.717, 1.165) is 18.7 Å². The lowest BCUT2D eigenvalue weighted by molar-refractivity contribution is -0.137. The van der Waals surface area contributed by atoms with Gasteiger partial charge < -0.3 is 11.1 Å². The Kier molecular flexibility index (Phi) is 5.43. The molecule has 19 heavy (non-hydrogen) atoms. The number of nitrogens with two attached hydrogens (primary N) is 1. The predicted octanol–water partition coefficient (Wildman–Crippen LogP) is 3.54. The van der Waals surface area contributed by atoms with Crippen molar-refractivity contribution in [2.45, 2.75) is 32.5 Å². The second kappa shape index (κ2) is 6.43. The largest absolute Gasteiger partial charge is 0.417 e. The molecule has 0 radical (unpaired) electrons. The third kappa shape index (κ3) is 5.24. The van der Waals surface area contributed by atoms with Crippen molar-refractivity contribution in [2.75, 3.05) is 11.9 Å². The summed E-state index contributed by atoms with van der Waals surface area (Å²) in [6.45, 7) is 4.50. The number of alkyl halides is 3. The summed E-state index contributed by atoms with van der Waals surface area (Å²) in [6.07, 6.45) is -2.88. The SMILES string of the molecule is CC(C)CC(N)CNc1ncc(C(F)(F)F)cc1Cl. The molecule has 1 aromatic heterocycles. The van der Waals surface area contributed by atoms with Crippen molar-refractivity contribution in [3.63, 3.8) is 0 Å². The van der Waals surface area contributed by atoms with Gasteiger partial charge in [-0.1, -0.05) is 25.4 Å². The Morgan fingerprint density at radius 3 is 2.53 bits per heavy atom. The molecule has 1 atom stereocenters. The van der Waals surface area contributed by atoms with E-state index in [1.807, 2.05) is 13.8 Å². The van der Waals surface area contributed by atoms with Gasteiger partial charge in [-0.25, -0.2) is 4.98 Å². The average molecular weight is 296 g/mol. The second-order valence-electron chi connectivity index (χ2n) is 4.82. The average Bonchev–Trinajstić information content (AvgIpc) is 2.25. The van der Waals surface area contributed by atoms with E-state index in [2.05, 4.69) is 10.3 Å². The zero-order chi connectivity index (χ0) is 14.6. The summed E-state index contributed by atoms with van der Waals surface area (Å²) in [5, 5.41) is 2.80. The molecule has 0 aliphatic carbocycles. The van der Waals surface area contributed by atoms with Crippen molar-refractivity contribution < 1.29 is 13.2 Å². The van der Waals surface area contributed by atoms with E-state index in [1.165, 1.54) is 0 Å². The number of anilines is 1. The quantitative estimate of drug-likeness (QED) is 0.873. The summed E-state index contributed by atoms with van der Waals surface area (Å²) >= 11 is 5.76. The maximum Gasteiger partial charge on any atom is 0.417 e. The van der Waals surface area contributed by atoms with E-state index in [-0.39, 0.29) is 16.9 Å². The molecule has 3 N–H and O–H groups in total. The van der Waals surface area contributed by atoms with Crippen LogP contribution in [-0.2, 0) is 6.18 Å². The molecule has 0 aliphatic heterocycles.